The molecule has 8 nitrogen and oxygen atoms in total. The molecule has 0 aliphatic heterocycles. The largest absolute Gasteiger partial charge is 0.486 e. The van der Waals surface area contributed by atoms with Crippen LogP contribution >= 0.6 is 0 Å². The van der Waals surface area contributed by atoms with Crippen LogP contribution in [0.1, 0.15) is 30.8 Å². The number of benzene rings is 2. The molecule has 11 heteroatoms. The van der Waals surface area contributed by atoms with E-state index in [4.69, 9.17) is 9.47 Å². The Morgan fingerprint density at radius 1 is 1.17 bits per heavy atom. The minimum atomic E-state index is -4.49. The second-order valence-electron chi connectivity index (χ2n) is 8.19. The number of halogens is 3. The lowest BCUT2D eigenvalue weighted by molar-refractivity contribution is -0.152. The number of aliphatic carboxylic acids is 1. The minimum absolute atomic E-state index is 0.114. The average Bonchev–Trinajstić information content (AvgIpc) is 3.09. The van der Waals surface area contributed by atoms with Crippen molar-refractivity contribution in [2.24, 2.45) is 0 Å². The summed E-state index contributed by atoms with van der Waals surface area (Å²) in [5.41, 5.74) is -2.00. The van der Waals surface area contributed by atoms with E-state index in [0.29, 0.717) is 17.1 Å². The maximum atomic E-state index is 12.9. The zero-order chi connectivity index (χ0) is 26.0. The number of aryl methyl sites for hydroxylation is 1. The average molecular weight is 491 g/mol. The van der Waals surface area contributed by atoms with Crippen LogP contribution in [0, 0.1) is 6.92 Å². The molecule has 1 heterocycles. The molecule has 0 saturated carbocycles. The van der Waals surface area contributed by atoms with Gasteiger partial charge in [0.25, 0.3) is 0 Å². The van der Waals surface area contributed by atoms with E-state index in [2.05, 4.69) is 11.7 Å². The van der Waals surface area contributed by atoms with Crippen LogP contribution in [0.15, 0.2) is 59.9 Å². The molecular weight excluding hydrogens is 467 g/mol. The monoisotopic (exact) mass is 491 g/mol. The number of hydrogen-bond donors (Lipinski definition) is 1. The SMILES string of the molecule is C=CCn1c(COc2ccc(OC(C)(C)C(=O)O)c(C)c2)nn(-c2ccc(C(F)(F)F)cc2)c1=O. The highest BCUT2D eigenvalue weighted by molar-refractivity contribution is 5.76. The summed E-state index contributed by atoms with van der Waals surface area (Å²) in [6, 6.07) is 8.90. The van der Waals surface area contributed by atoms with E-state index < -0.39 is 29.0 Å². The van der Waals surface area contributed by atoms with Gasteiger partial charge in [0.1, 0.15) is 18.1 Å². The number of nitrogens with zero attached hydrogens (tertiary/aromatic N) is 3. The highest BCUT2D eigenvalue weighted by Gasteiger charge is 2.31. The summed E-state index contributed by atoms with van der Waals surface area (Å²) >= 11 is 0. The normalized spacial score (nSPS) is 11.8. The molecule has 3 rings (SSSR count). The van der Waals surface area contributed by atoms with Gasteiger partial charge in [0.15, 0.2) is 11.4 Å². The Balaban J connectivity index is 1.83. The summed E-state index contributed by atoms with van der Waals surface area (Å²) < 4.78 is 52.2. The van der Waals surface area contributed by atoms with Crippen LogP contribution in [0.5, 0.6) is 11.5 Å². The molecule has 0 bridgehead atoms. The van der Waals surface area contributed by atoms with Crippen LogP contribution in [0.25, 0.3) is 5.69 Å². The van der Waals surface area contributed by atoms with Crippen molar-refractivity contribution >= 4 is 5.97 Å². The first kappa shape index (κ1) is 25.6. The molecule has 1 aromatic heterocycles. The molecule has 0 aliphatic carbocycles. The van der Waals surface area contributed by atoms with E-state index in [9.17, 15) is 27.9 Å². The summed E-state index contributed by atoms with van der Waals surface area (Å²) in [5, 5.41) is 13.5. The van der Waals surface area contributed by atoms with Gasteiger partial charge in [-0.3, -0.25) is 4.57 Å². The molecule has 0 aliphatic rings. The van der Waals surface area contributed by atoms with Crippen LogP contribution in [-0.4, -0.2) is 31.0 Å². The van der Waals surface area contributed by atoms with Crippen molar-refractivity contribution in [3.05, 3.63) is 82.6 Å². The lowest BCUT2D eigenvalue weighted by Gasteiger charge is -2.23. The summed E-state index contributed by atoms with van der Waals surface area (Å²) in [5.74, 6) is -0.0783. The fourth-order valence-electron chi connectivity index (χ4n) is 3.11. The first-order valence-corrected chi connectivity index (χ1v) is 10.5. The third-order valence-electron chi connectivity index (χ3n) is 5.08. The second-order valence-corrected chi connectivity index (χ2v) is 8.19. The predicted octanol–water partition coefficient (Wildman–Crippen LogP) is 4.37. The highest BCUT2D eigenvalue weighted by atomic mass is 19.4. The van der Waals surface area contributed by atoms with Crippen molar-refractivity contribution in [2.45, 2.75) is 45.7 Å². The van der Waals surface area contributed by atoms with Gasteiger partial charge < -0.3 is 14.6 Å². The highest BCUT2D eigenvalue weighted by Crippen LogP contribution is 2.30. The third-order valence-corrected chi connectivity index (χ3v) is 5.08. The molecule has 0 saturated heterocycles. The molecule has 0 fully saturated rings. The molecule has 186 valence electrons. The van der Waals surface area contributed by atoms with Crippen molar-refractivity contribution in [3.8, 4) is 17.2 Å². The van der Waals surface area contributed by atoms with Gasteiger partial charge in [0.2, 0.25) is 0 Å². The van der Waals surface area contributed by atoms with Crippen LogP contribution in [0.2, 0.25) is 0 Å². The van der Waals surface area contributed by atoms with E-state index in [1.54, 1.807) is 25.1 Å². The number of allylic oxidation sites excluding steroid dienone is 1. The van der Waals surface area contributed by atoms with Gasteiger partial charge in [-0.05, 0) is 68.8 Å². The van der Waals surface area contributed by atoms with Crippen LogP contribution < -0.4 is 15.2 Å². The van der Waals surface area contributed by atoms with Crippen molar-refractivity contribution < 1.29 is 32.5 Å². The van der Waals surface area contributed by atoms with E-state index in [-0.39, 0.29) is 24.7 Å². The van der Waals surface area contributed by atoms with Crippen LogP contribution in [-0.2, 0) is 24.1 Å². The summed E-state index contributed by atoms with van der Waals surface area (Å²) in [6.07, 6.45) is -3.00. The van der Waals surface area contributed by atoms with Gasteiger partial charge in [-0.1, -0.05) is 6.08 Å². The fourth-order valence-corrected chi connectivity index (χ4v) is 3.11. The standard InChI is InChI=1S/C24H24F3N3O5/c1-5-12-29-20(28-30(22(29)33)17-8-6-16(7-9-17)24(25,26)27)14-34-18-10-11-19(15(2)13-18)35-23(3,4)21(31)32/h5-11,13H,1,12,14H2,2-4H3,(H,31,32). The number of hydrogen-bond acceptors (Lipinski definition) is 5. The lowest BCUT2D eigenvalue weighted by atomic mass is 10.1. The molecule has 0 unspecified atom stereocenters. The molecule has 2 aromatic carbocycles. The van der Waals surface area contributed by atoms with Gasteiger partial charge in [0, 0.05) is 6.54 Å². The Hall–Kier alpha value is -4.02. The maximum absolute atomic E-state index is 12.9. The van der Waals surface area contributed by atoms with Crippen LogP contribution in [0.4, 0.5) is 13.2 Å². The number of alkyl halides is 3. The second kappa shape index (κ2) is 9.69. The first-order valence-electron chi connectivity index (χ1n) is 10.5. The Morgan fingerprint density at radius 2 is 1.83 bits per heavy atom. The number of carboxylic acid groups (broad SMARTS) is 1. The van der Waals surface area contributed by atoms with Crippen molar-refractivity contribution in [1.29, 1.82) is 0 Å². The molecule has 0 amide bonds. The predicted molar refractivity (Wildman–Crippen MR) is 121 cm³/mol. The van der Waals surface area contributed by atoms with E-state index in [0.717, 1.165) is 16.8 Å². The zero-order valence-corrected chi connectivity index (χ0v) is 19.3. The van der Waals surface area contributed by atoms with Crippen molar-refractivity contribution in [1.82, 2.24) is 14.3 Å². The molecule has 0 radical (unpaired) electrons. The summed E-state index contributed by atoms with van der Waals surface area (Å²) in [6.45, 7) is 8.23. The van der Waals surface area contributed by atoms with Crippen molar-refractivity contribution in [3.63, 3.8) is 0 Å². The van der Waals surface area contributed by atoms with Gasteiger partial charge in [-0.25, -0.2) is 9.59 Å². The minimum Gasteiger partial charge on any atom is -0.486 e. The molecule has 1 N–H and O–H groups in total. The Labute approximate surface area is 198 Å². The topological polar surface area (TPSA) is 95.6 Å². The summed E-state index contributed by atoms with van der Waals surface area (Å²) in [4.78, 5) is 24.1. The Bertz CT molecular complexity index is 1290. The smallest absolute Gasteiger partial charge is 0.416 e. The zero-order valence-electron chi connectivity index (χ0n) is 19.3. The number of carboxylic acids is 1. The Morgan fingerprint density at radius 3 is 2.37 bits per heavy atom. The molecule has 0 atom stereocenters. The van der Waals surface area contributed by atoms with Gasteiger partial charge in [0.05, 0.1) is 11.3 Å². The molecule has 3 aromatic rings. The third kappa shape index (κ3) is 5.73. The van der Waals surface area contributed by atoms with Gasteiger partial charge in [-0.15, -0.1) is 11.7 Å². The number of aromatic nitrogens is 3. The number of carbonyl (C=O) groups is 1. The molecule has 0 spiro atoms. The lowest BCUT2D eigenvalue weighted by Crippen LogP contribution is -2.38. The van der Waals surface area contributed by atoms with Gasteiger partial charge in [-0.2, -0.15) is 17.9 Å². The molecule has 35 heavy (non-hydrogen) atoms. The Kier molecular flexibility index (Phi) is 7.09. The summed E-state index contributed by atoms with van der Waals surface area (Å²) in [7, 11) is 0. The molecular formula is C24H24F3N3O5. The van der Waals surface area contributed by atoms with Crippen molar-refractivity contribution in [2.75, 3.05) is 0 Å². The number of ether oxygens (including phenoxy) is 2. The number of rotatable bonds is 9. The maximum Gasteiger partial charge on any atom is 0.416 e. The quantitative estimate of drug-likeness (QED) is 0.447. The van der Waals surface area contributed by atoms with E-state index >= 15 is 0 Å². The van der Waals surface area contributed by atoms with E-state index in [1.165, 1.54) is 36.6 Å². The van der Waals surface area contributed by atoms with Gasteiger partial charge >= 0.3 is 17.8 Å². The fraction of sp³-hybridized carbons (Fsp3) is 0.292. The van der Waals surface area contributed by atoms with E-state index in [1.807, 2.05) is 0 Å². The van der Waals surface area contributed by atoms with Crippen LogP contribution in [0.3, 0.4) is 0 Å². The first-order chi connectivity index (χ1) is 16.3.